The second-order valence-electron chi connectivity index (χ2n) is 8.74. The van der Waals surface area contributed by atoms with E-state index in [9.17, 15) is 40.5 Å². The molecular formula is C22H30O14. The highest BCUT2D eigenvalue weighted by Gasteiger charge is 2.49. The van der Waals surface area contributed by atoms with Crippen LogP contribution in [0.2, 0.25) is 0 Å². The average molecular weight is 518 g/mol. The maximum absolute atomic E-state index is 12.0. The Hall–Kier alpha value is -1.95. The van der Waals surface area contributed by atoms with Crippen LogP contribution < -0.4 is 0 Å². The quantitative estimate of drug-likeness (QED) is 0.127. The summed E-state index contributed by atoms with van der Waals surface area (Å²) in [5.41, 5.74) is 0.739. The number of hydrogen-bond donors (Lipinski definition) is 7. The Morgan fingerprint density at radius 2 is 1.56 bits per heavy atom. The SMILES string of the molecule is C=C[C@@H]1C2=CCOC(=O)C2=CO[C@H]1O[C@@H]1O[C@H](CO[C@@H]2O[C@H](CO)[C@@H](O)[C@H](O)[C@H]2O)[C@@H](O)[C@H](O)[C@H]1O. The van der Waals surface area contributed by atoms with Gasteiger partial charge in [0.25, 0.3) is 0 Å². The molecule has 0 aromatic rings. The number of carbonyl (C=O) groups is 1. The molecule has 7 N–H and O–H groups in total. The summed E-state index contributed by atoms with van der Waals surface area (Å²) < 4.78 is 32.4. The number of carbonyl (C=O) groups excluding carboxylic acids is 1. The summed E-state index contributed by atoms with van der Waals surface area (Å²) in [4.78, 5) is 12.0. The molecule has 0 aromatic carbocycles. The monoisotopic (exact) mass is 518 g/mol. The Bertz CT molecular complexity index is 873. The number of cyclic esters (lactones) is 1. The van der Waals surface area contributed by atoms with Gasteiger partial charge in [0.1, 0.15) is 61.7 Å². The van der Waals surface area contributed by atoms with E-state index in [4.69, 9.17) is 28.4 Å². The number of aliphatic hydroxyl groups is 7. The highest BCUT2D eigenvalue weighted by atomic mass is 16.8. The van der Waals surface area contributed by atoms with Crippen LogP contribution in [0.4, 0.5) is 0 Å². The number of aliphatic hydroxyl groups excluding tert-OH is 7. The summed E-state index contributed by atoms with van der Waals surface area (Å²) in [7, 11) is 0. The van der Waals surface area contributed by atoms with Crippen molar-refractivity contribution in [2.45, 2.75) is 67.7 Å². The Labute approximate surface area is 205 Å². The molecule has 0 aromatic heterocycles. The van der Waals surface area contributed by atoms with Crippen molar-refractivity contribution < 1.29 is 69.0 Å². The highest BCUT2D eigenvalue weighted by molar-refractivity contribution is 5.94. The number of ether oxygens (including phenoxy) is 6. The average Bonchev–Trinajstić information content (AvgIpc) is 2.87. The Balaban J connectivity index is 1.43. The fourth-order valence-corrected chi connectivity index (χ4v) is 4.36. The molecule has 12 atom stereocenters. The first-order valence-corrected chi connectivity index (χ1v) is 11.3. The van der Waals surface area contributed by atoms with Gasteiger partial charge in [-0.25, -0.2) is 4.79 Å². The zero-order valence-corrected chi connectivity index (χ0v) is 19.0. The van der Waals surface area contributed by atoms with Crippen molar-refractivity contribution in [1.82, 2.24) is 0 Å². The summed E-state index contributed by atoms with van der Waals surface area (Å²) in [5.74, 6) is -1.22. The van der Waals surface area contributed by atoms with Crippen molar-refractivity contribution >= 4 is 5.97 Å². The van der Waals surface area contributed by atoms with Crippen LogP contribution in [0.3, 0.4) is 0 Å². The van der Waals surface area contributed by atoms with Crippen LogP contribution in [0.15, 0.2) is 36.1 Å². The number of fused-ring (bicyclic) bond motifs is 1. The van der Waals surface area contributed by atoms with Crippen LogP contribution >= 0.6 is 0 Å². The van der Waals surface area contributed by atoms with E-state index in [1.165, 1.54) is 6.08 Å². The van der Waals surface area contributed by atoms with Gasteiger partial charge in [0.05, 0.1) is 24.7 Å². The fourth-order valence-electron chi connectivity index (χ4n) is 4.36. The summed E-state index contributed by atoms with van der Waals surface area (Å²) in [6.07, 6.45) is -12.4. The van der Waals surface area contributed by atoms with Crippen LogP contribution in [0.1, 0.15) is 0 Å². The number of hydrogen-bond acceptors (Lipinski definition) is 14. The maximum atomic E-state index is 12.0. The maximum Gasteiger partial charge on any atom is 0.341 e. The summed E-state index contributed by atoms with van der Waals surface area (Å²) in [6.45, 7) is 2.61. The predicted octanol–water partition coefficient (Wildman–Crippen LogP) is -3.85. The third-order valence-corrected chi connectivity index (χ3v) is 6.48. The smallest absolute Gasteiger partial charge is 0.341 e. The summed E-state index contributed by atoms with van der Waals surface area (Å²) >= 11 is 0. The molecular weight excluding hydrogens is 488 g/mol. The molecule has 0 unspecified atom stereocenters. The van der Waals surface area contributed by atoms with E-state index in [1.807, 2.05) is 0 Å². The van der Waals surface area contributed by atoms with Crippen molar-refractivity contribution in [3.8, 4) is 0 Å². The lowest BCUT2D eigenvalue weighted by molar-refractivity contribution is -0.349. The molecule has 0 amide bonds. The summed E-state index contributed by atoms with van der Waals surface area (Å²) in [5, 5.41) is 70.4. The topological polar surface area (TPSA) is 214 Å². The summed E-state index contributed by atoms with van der Waals surface area (Å²) in [6, 6.07) is 0. The molecule has 0 saturated carbocycles. The van der Waals surface area contributed by atoms with Crippen LogP contribution in [-0.2, 0) is 33.2 Å². The van der Waals surface area contributed by atoms with Gasteiger partial charge in [0.15, 0.2) is 12.6 Å². The molecule has 0 spiro atoms. The first kappa shape index (κ1) is 27.1. The van der Waals surface area contributed by atoms with Crippen molar-refractivity contribution in [3.05, 3.63) is 36.1 Å². The number of esters is 1. The molecule has 4 heterocycles. The minimum absolute atomic E-state index is 0.0490. The van der Waals surface area contributed by atoms with Gasteiger partial charge in [-0.3, -0.25) is 0 Å². The lowest BCUT2D eigenvalue weighted by Crippen LogP contribution is -2.62. The second kappa shape index (κ2) is 11.2. The Kier molecular flexibility index (Phi) is 8.43. The van der Waals surface area contributed by atoms with E-state index in [0.717, 1.165) is 6.26 Å². The van der Waals surface area contributed by atoms with Crippen molar-refractivity contribution in [1.29, 1.82) is 0 Å². The molecule has 2 saturated heterocycles. The molecule has 4 rings (SSSR count). The third-order valence-electron chi connectivity index (χ3n) is 6.48. The van der Waals surface area contributed by atoms with E-state index < -0.39 is 92.8 Å². The van der Waals surface area contributed by atoms with Crippen LogP contribution in [0.5, 0.6) is 0 Å². The second-order valence-corrected chi connectivity index (χ2v) is 8.74. The Morgan fingerprint density at radius 3 is 2.22 bits per heavy atom. The molecule has 4 aliphatic heterocycles. The zero-order valence-electron chi connectivity index (χ0n) is 19.0. The zero-order chi connectivity index (χ0) is 26.1. The first-order valence-electron chi connectivity index (χ1n) is 11.3. The van der Waals surface area contributed by atoms with Crippen LogP contribution in [0.25, 0.3) is 0 Å². The fraction of sp³-hybridized carbons (Fsp3) is 0.682. The highest BCUT2D eigenvalue weighted by Crippen LogP contribution is 2.36. The lowest BCUT2D eigenvalue weighted by atomic mass is 9.89. The normalized spacial score (nSPS) is 45.0. The van der Waals surface area contributed by atoms with Gasteiger partial charge in [-0.2, -0.15) is 0 Å². The molecule has 4 aliphatic rings. The van der Waals surface area contributed by atoms with E-state index in [1.54, 1.807) is 6.08 Å². The van der Waals surface area contributed by atoms with Gasteiger partial charge in [0, 0.05) is 0 Å². The predicted molar refractivity (Wildman–Crippen MR) is 113 cm³/mol. The van der Waals surface area contributed by atoms with Gasteiger partial charge < -0.3 is 64.2 Å². The van der Waals surface area contributed by atoms with Crippen molar-refractivity contribution in [2.24, 2.45) is 5.92 Å². The van der Waals surface area contributed by atoms with Crippen molar-refractivity contribution in [2.75, 3.05) is 19.8 Å². The van der Waals surface area contributed by atoms with E-state index in [0.29, 0.717) is 5.57 Å². The van der Waals surface area contributed by atoms with Crippen LogP contribution in [-0.4, -0.2) is 129 Å². The molecule has 0 aliphatic carbocycles. The van der Waals surface area contributed by atoms with Gasteiger partial charge in [0.2, 0.25) is 6.29 Å². The molecule has 202 valence electrons. The van der Waals surface area contributed by atoms with Gasteiger partial charge in [-0.05, 0) is 11.6 Å². The number of rotatable bonds is 7. The standard InChI is InChI=1S/C22H30O14/c1-2-8-9-3-4-31-19(30)10(9)6-32-20(8)36-22-18(29)16(27)14(25)12(35-22)7-33-21-17(28)15(26)13(24)11(5-23)34-21/h2-3,6,8,11-18,20-29H,1,4-5,7H2/t8-,11-,12-,13-,14-,15+,16+,17-,18-,20+,21-,22+/m1/s1. The minimum Gasteiger partial charge on any atom is -0.471 e. The molecule has 2 fully saturated rings. The van der Waals surface area contributed by atoms with E-state index in [-0.39, 0.29) is 12.2 Å². The molecule has 0 bridgehead atoms. The largest absolute Gasteiger partial charge is 0.471 e. The molecule has 14 nitrogen and oxygen atoms in total. The van der Waals surface area contributed by atoms with Crippen molar-refractivity contribution in [3.63, 3.8) is 0 Å². The molecule has 14 heteroatoms. The van der Waals surface area contributed by atoms with Gasteiger partial charge in [-0.1, -0.05) is 6.08 Å². The van der Waals surface area contributed by atoms with Crippen LogP contribution in [0, 0.1) is 5.92 Å². The van der Waals surface area contributed by atoms with Gasteiger partial charge >= 0.3 is 5.97 Å². The van der Waals surface area contributed by atoms with Gasteiger partial charge in [-0.15, -0.1) is 6.58 Å². The minimum atomic E-state index is -1.73. The van der Waals surface area contributed by atoms with E-state index in [2.05, 4.69) is 6.58 Å². The Morgan fingerprint density at radius 1 is 0.917 bits per heavy atom. The molecule has 36 heavy (non-hydrogen) atoms. The van der Waals surface area contributed by atoms with E-state index >= 15 is 0 Å². The third kappa shape index (κ3) is 5.07. The lowest BCUT2D eigenvalue weighted by Gasteiger charge is -2.44. The first-order chi connectivity index (χ1) is 17.2. The molecule has 0 radical (unpaired) electrons.